The highest BCUT2D eigenvalue weighted by molar-refractivity contribution is 7.86. The van der Waals surface area contributed by atoms with Crippen molar-refractivity contribution in [3.63, 3.8) is 0 Å². The van der Waals surface area contributed by atoms with Gasteiger partial charge >= 0.3 is 0 Å². The van der Waals surface area contributed by atoms with E-state index < -0.39 is 52.8 Å². The Hall–Kier alpha value is -3.82. The van der Waals surface area contributed by atoms with Gasteiger partial charge in [-0.2, -0.15) is 16.8 Å². The van der Waals surface area contributed by atoms with E-state index in [2.05, 4.69) is 5.32 Å². The van der Waals surface area contributed by atoms with E-state index in [9.17, 15) is 35.5 Å². The Labute approximate surface area is 205 Å². The Kier molecular flexibility index (Phi) is 6.10. The van der Waals surface area contributed by atoms with Gasteiger partial charge in [-0.05, 0) is 12.1 Å². The number of carbonyl (C=O) groups excluding carboxylic acids is 2. The van der Waals surface area contributed by atoms with Gasteiger partial charge in [0.15, 0.2) is 11.6 Å². The summed E-state index contributed by atoms with van der Waals surface area (Å²) in [5.41, 5.74) is 9.73. The first-order valence-electron chi connectivity index (χ1n) is 10.1. The van der Waals surface area contributed by atoms with Gasteiger partial charge in [-0.1, -0.05) is 24.3 Å². The molecule has 0 amide bonds. The maximum absolute atomic E-state index is 13.4. The zero-order chi connectivity index (χ0) is 26.6. The van der Waals surface area contributed by atoms with Crippen LogP contribution in [0, 0.1) is 0 Å². The molecule has 7 N–H and O–H groups in total. The number of benzene rings is 3. The van der Waals surface area contributed by atoms with Crippen LogP contribution in [-0.2, 0) is 26.8 Å². The first-order chi connectivity index (χ1) is 16.8. The zero-order valence-electron chi connectivity index (χ0n) is 18.5. The van der Waals surface area contributed by atoms with Gasteiger partial charge in [0.1, 0.15) is 15.5 Å². The summed E-state index contributed by atoms with van der Waals surface area (Å²) in [6.45, 7) is -0.121. The molecule has 3 aromatic rings. The van der Waals surface area contributed by atoms with Crippen LogP contribution in [0.1, 0.15) is 37.4 Å². The fourth-order valence-corrected chi connectivity index (χ4v) is 5.31. The molecule has 0 atom stereocenters. The van der Waals surface area contributed by atoms with Crippen molar-refractivity contribution in [3.8, 4) is 5.75 Å². The second-order valence-corrected chi connectivity index (χ2v) is 10.5. The lowest BCUT2D eigenvalue weighted by atomic mass is 9.82. The number of methoxy groups -OCH3 is 1. The molecule has 0 radical (unpaired) electrons. The van der Waals surface area contributed by atoms with Gasteiger partial charge in [0.2, 0.25) is 0 Å². The monoisotopic (exact) mass is 533 g/mol. The fraction of sp³-hybridized carbons (Fsp3) is 0.0909. The summed E-state index contributed by atoms with van der Waals surface area (Å²) in [6.07, 6.45) is 0. The number of ether oxygens (including phenoxy) is 1. The minimum atomic E-state index is -5.00. The lowest BCUT2D eigenvalue weighted by Gasteiger charge is -2.24. The molecule has 1 aliphatic rings. The molecule has 36 heavy (non-hydrogen) atoms. The van der Waals surface area contributed by atoms with Crippen LogP contribution in [0.25, 0.3) is 0 Å². The van der Waals surface area contributed by atoms with E-state index in [-0.39, 0.29) is 40.4 Å². The van der Waals surface area contributed by atoms with E-state index in [1.54, 1.807) is 0 Å². The predicted octanol–water partition coefficient (Wildman–Crippen LogP) is 1.75. The van der Waals surface area contributed by atoms with Crippen LogP contribution < -0.4 is 21.5 Å². The van der Waals surface area contributed by atoms with E-state index in [1.165, 1.54) is 37.4 Å². The second-order valence-electron chi connectivity index (χ2n) is 7.73. The molecule has 3 aromatic carbocycles. The van der Waals surface area contributed by atoms with Crippen LogP contribution in [0.3, 0.4) is 0 Å². The van der Waals surface area contributed by atoms with Crippen LogP contribution in [-0.4, -0.2) is 44.6 Å². The molecule has 188 valence electrons. The minimum Gasteiger partial charge on any atom is -0.496 e. The third kappa shape index (κ3) is 4.10. The first kappa shape index (κ1) is 25.3. The van der Waals surface area contributed by atoms with Gasteiger partial charge < -0.3 is 21.5 Å². The third-order valence-electron chi connectivity index (χ3n) is 5.63. The summed E-state index contributed by atoms with van der Waals surface area (Å²) < 4.78 is 73.0. The zero-order valence-corrected chi connectivity index (χ0v) is 20.1. The molecule has 0 bridgehead atoms. The van der Waals surface area contributed by atoms with E-state index in [0.717, 1.165) is 12.1 Å². The number of fused-ring (bicyclic) bond motifs is 2. The Morgan fingerprint density at radius 3 is 1.92 bits per heavy atom. The van der Waals surface area contributed by atoms with Gasteiger partial charge in [0.05, 0.1) is 35.3 Å². The highest BCUT2D eigenvalue weighted by Crippen LogP contribution is 2.41. The lowest BCUT2D eigenvalue weighted by Crippen LogP contribution is -2.25. The molecule has 0 unspecified atom stereocenters. The normalized spacial score (nSPS) is 13.2. The molecule has 0 heterocycles. The molecular weight excluding hydrogens is 514 g/mol. The maximum Gasteiger partial charge on any atom is 0.296 e. The highest BCUT2D eigenvalue weighted by atomic mass is 32.2. The van der Waals surface area contributed by atoms with Crippen molar-refractivity contribution < 1.29 is 40.3 Å². The van der Waals surface area contributed by atoms with E-state index in [4.69, 9.17) is 16.2 Å². The Morgan fingerprint density at radius 1 is 0.861 bits per heavy atom. The maximum atomic E-state index is 13.4. The number of nitrogens with one attached hydrogen (secondary N) is 1. The van der Waals surface area contributed by atoms with Crippen LogP contribution >= 0.6 is 0 Å². The van der Waals surface area contributed by atoms with Crippen LogP contribution in [0.15, 0.2) is 52.3 Å². The molecule has 0 spiro atoms. The van der Waals surface area contributed by atoms with Crippen molar-refractivity contribution in [1.29, 1.82) is 0 Å². The quantitative estimate of drug-likeness (QED) is 0.177. The molecule has 0 saturated carbocycles. The van der Waals surface area contributed by atoms with E-state index in [0.29, 0.717) is 5.56 Å². The SMILES string of the molecule is COc1cc(S(=O)(=O)O)c(Nc2cc(S(=O)(=O)O)c(N)c3c2C(=O)c2ccccc2C3=O)cc1CN. The fourth-order valence-electron chi connectivity index (χ4n) is 4.02. The van der Waals surface area contributed by atoms with Crippen molar-refractivity contribution in [1.82, 2.24) is 0 Å². The van der Waals surface area contributed by atoms with Crippen molar-refractivity contribution in [3.05, 3.63) is 70.3 Å². The summed E-state index contributed by atoms with van der Waals surface area (Å²) in [4.78, 5) is 25.1. The molecular formula is C22H19N3O9S2. The van der Waals surface area contributed by atoms with Gasteiger partial charge in [-0.25, -0.2) is 0 Å². The lowest BCUT2D eigenvalue weighted by molar-refractivity contribution is 0.0980. The van der Waals surface area contributed by atoms with Crippen LogP contribution in [0.2, 0.25) is 0 Å². The van der Waals surface area contributed by atoms with Gasteiger partial charge in [0.25, 0.3) is 20.2 Å². The smallest absolute Gasteiger partial charge is 0.296 e. The minimum absolute atomic E-state index is 0.00411. The highest BCUT2D eigenvalue weighted by Gasteiger charge is 2.37. The topological polar surface area (TPSA) is 216 Å². The van der Waals surface area contributed by atoms with Gasteiger partial charge in [-0.15, -0.1) is 0 Å². The first-order valence-corrected chi connectivity index (χ1v) is 13.0. The van der Waals surface area contributed by atoms with Crippen molar-refractivity contribution >= 4 is 48.9 Å². The Balaban J connectivity index is 2.07. The largest absolute Gasteiger partial charge is 0.496 e. The molecule has 12 nitrogen and oxygen atoms in total. The number of ketones is 2. The molecule has 0 aromatic heterocycles. The molecule has 0 aliphatic heterocycles. The number of rotatable bonds is 6. The molecule has 1 aliphatic carbocycles. The number of hydrogen-bond donors (Lipinski definition) is 5. The average Bonchev–Trinajstić information content (AvgIpc) is 2.81. The molecule has 0 fully saturated rings. The number of nitrogens with two attached hydrogens (primary N) is 2. The summed E-state index contributed by atoms with van der Waals surface area (Å²) in [5, 5.41) is 2.60. The molecule has 14 heteroatoms. The summed E-state index contributed by atoms with van der Waals surface area (Å²) in [6, 6.07) is 8.75. The number of nitrogen functional groups attached to an aromatic ring is 1. The summed E-state index contributed by atoms with van der Waals surface area (Å²) >= 11 is 0. The summed E-state index contributed by atoms with van der Waals surface area (Å²) in [7, 11) is -8.62. The summed E-state index contributed by atoms with van der Waals surface area (Å²) in [5.74, 6) is -1.45. The Morgan fingerprint density at radius 2 is 1.42 bits per heavy atom. The van der Waals surface area contributed by atoms with Crippen molar-refractivity contribution in [2.45, 2.75) is 16.3 Å². The van der Waals surface area contributed by atoms with Gasteiger partial charge in [0, 0.05) is 29.3 Å². The third-order valence-corrected chi connectivity index (χ3v) is 7.41. The number of carbonyl (C=O) groups is 2. The average molecular weight is 534 g/mol. The van der Waals surface area contributed by atoms with E-state index >= 15 is 0 Å². The van der Waals surface area contributed by atoms with Crippen molar-refractivity contribution in [2.24, 2.45) is 5.73 Å². The standard InChI is InChI=1S/C22H19N3O9S2/c1-34-15-8-16(35(28,29)30)13(6-10(15)9-23)25-14-7-17(36(31,32)33)20(24)19-18(14)21(26)11-4-2-3-5-12(11)22(19)27/h2-8,25H,9,23-24H2,1H3,(H,28,29,30)(H,31,32,33). The van der Waals surface area contributed by atoms with E-state index in [1.807, 2.05) is 0 Å². The number of anilines is 3. The van der Waals surface area contributed by atoms with Gasteiger partial charge in [-0.3, -0.25) is 18.7 Å². The van der Waals surface area contributed by atoms with Crippen molar-refractivity contribution in [2.75, 3.05) is 18.2 Å². The van der Waals surface area contributed by atoms with Crippen LogP contribution in [0.5, 0.6) is 5.75 Å². The molecule has 0 saturated heterocycles. The second kappa shape index (κ2) is 8.69. The predicted molar refractivity (Wildman–Crippen MR) is 128 cm³/mol. The molecule has 4 rings (SSSR count). The van der Waals surface area contributed by atoms with Crippen LogP contribution in [0.4, 0.5) is 17.1 Å². The Bertz CT molecular complexity index is 1680. The number of hydrogen-bond acceptors (Lipinski definition) is 10.